The lowest BCUT2D eigenvalue weighted by Crippen LogP contribution is -2.48. The molecule has 0 bridgehead atoms. The minimum absolute atomic E-state index is 0.0203. The molecule has 17 heavy (non-hydrogen) atoms. The van der Waals surface area contributed by atoms with Gasteiger partial charge in [0.15, 0.2) is 9.84 Å². The zero-order valence-electron chi connectivity index (χ0n) is 10.4. The number of hydrogen-bond acceptors (Lipinski definition) is 4. The topological polar surface area (TPSA) is 74.7 Å². The summed E-state index contributed by atoms with van der Waals surface area (Å²) in [6, 6.07) is -0.135. The molecule has 0 amide bonds. The van der Waals surface area contributed by atoms with Crippen molar-refractivity contribution in [2.75, 3.05) is 18.1 Å². The average molecular weight is 263 g/mol. The van der Waals surface area contributed by atoms with Gasteiger partial charge in [-0.25, -0.2) is 8.42 Å². The number of nitrogens with zero attached hydrogens (tertiary/aromatic N) is 1. The predicted molar refractivity (Wildman–Crippen MR) is 65.8 cm³/mol. The summed E-state index contributed by atoms with van der Waals surface area (Å²) < 4.78 is 23.2. The first-order valence-electron chi connectivity index (χ1n) is 6.03. The molecule has 1 heterocycles. The van der Waals surface area contributed by atoms with E-state index >= 15 is 0 Å². The number of carboxylic acid groups (broad SMARTS) is 1. The standard InChI is InChI=1S/C11H21NO4S/c1-3-12(9(2)7-11(13)14)10-5-4-6-17(15,16)8-10/h9-10H,3-8H2,1-2H3,(H,13,14). The van der Waals surface area contributed by atoms with Crippen LogP contribution in [0.4, 0.5) is 0 Å². The fraction of sp³-hybridized carbons (Fsp3) is 0.909. The van der Waals surface area contributed by atoms with E-state index in [0.717, 1.165) is 6.42 Å². The molecular weight excluding hydrogens is 242 g/mol. The van der Waals surface area contributed by atoms with Gasteiger partial charge in [-0.2, -0.15) is 0 Å². The van der Waals surface area contributed by atoms with E-state index in [4.69, 9.17) is 5.11 Å². The van der Waals surface area contributed by atoms with Crippen LogP contribution in [0.5, 0.6) is 0 Å². The molecule has 6 heteroatoms. The highest BCUT2D eigenvalue weighted by molar-refractivity contribution is 7.91. The molecular formula is C11H21NO4S. The zero-order valence-corrected chi connectivity index (χ0v) is 11.2. The Balaban J connectivity index is 2.69. The molecule has 100 valence electrons. The molecule has 2 unspecified atom stereocenters. The highest BCUT2D eigenvalue weighted by atomic mass is 32.2. The third-order valence-corrected chi connectivity index (χ3v) is 5.11. The van der Waals surface area contributed by atoms with Crippen molar-refractivity contribution >= 4 is 15.8 Å². The number of aliphatic carboxylic acids is 1. The molecule has 0 aromatic heterocycles. The summed E-state index contributed by atoms with van der Waals surface area (Å²) in [5, 5.41) is 8.78. The Hall–Kier alpha value is -0.620. The lowest BCUT2D eigenvalue weighted by Gasteiger charge is -2.37. The molecule has 1 rings (SSSR count). The van der Waals surface area contributed by atoms with Crippen LogP contribution in [0.3, 0.4) is 0 Å². The molecule has 0 radical (unpaired) electrons. The third-order valence-electron chi connectivity index (χ3n) is 3.31. The van der Waals surface area contributed by atoms with Crippen LogP contribution < -0.4 is 0 Å². The van der Waals surface area contributed by atoms with Gasteiger partial charge in [0.2, 0.25) is 0 Å². The van der Waals surface area contributed by atoms with Crippen LogP contribution in [-0.2, 0) is 14.6 Å². The number of rotatable bonds is 5. The fourth-order valence-electron chi connectivity index (χ4n) is 2.56. The molecule has 0 spiro atoms. The van der Waals surface area contributed by atoms with Gasteiger partial charge >= 0.3 is 5.97 Å². The molecule has 2 atom stereocenters. The second kappa shape index (κ2) is 5.82. The SMILES string of the molecule is CCN(C(C)CC(=O)O)C1CCCS(=O)(=O)C1. The first-order valence-corrected chi connectivity index (χ1v) is 7.86. The smallest absolute Gasteiger partial charge is 0.304 e. The van der Waals surface area contributed by atoms with Gasteiger partial charge in [-0.05, 0) is 26.3 Å². The van der Waals surface area contributed by atoms with Crippen molar-refractivity contribution in [3.63, 3.8) is 0 Å². The molecule has 0 aromatic carbocycles. The van der Waals surface area contributed by atoms with Gasteiger partial charge in [0.1, 0.15) is 0 Å². The van der Waals surface area contributed by atoms with E-state index in [9.17, 15) is 13.2 Å². The summed E-state index contributed by atoms with van der Waals surface area (Å²) in [6.45, 7) is 4.48. The van der Waals surface area contributed by atoms with Crippen molar-refractivity contribution in [2.24, 2.45) is 0 Å². The lowest BCUT2D eigenvalue weighted by atomic mass is 10.1. The van der Waals surface area contributed by atoms with E-state index < -0.39 is 15.8 Å². The van der Waals surface area contributed by atoms with E-state index in [-0.39, 0.29) is 30.0 Å². The lowest BCUT2D eigenvalue weighted by molar-refractivity contribution is -0.138. The minimum Gasteiger partial charge on any atom is -0.481 e. The van der Waals surface area contributed by atoms with Crippen molar-refractivity contribution in [1.82, 2.24) is 4.90 Å². The van der Waals surface area contributed by atoms with Crippen molar-refractivity contribution in [3.8, 4) is 0 Å². The van der Waals surface area contributed by atoms with E-state index in [1.165, 1.54) is 0 Å². The predicted octanol–water partition coefficient (Wildman–Crippen LogP) is 0.749. The van der Waals surface area contributed by atoms with Gasteiger partial charge in [0.25, 0.3) is 0 Å². The van der Waals surface area contributed by atoms with Gasteiger partial charge in [0.05, 0.1) is 17.9 Å². The molecule has 0 aromatic rings. The quantitative estimate of drug-likeness (QED) is 0.792. The summed E-state index contributed by atoms with van der Waals surface area (Å²) in [6.07, 6.45) is 1.59. The number of hydrogen-bond donors (Lipinski definition) is 1. The normalized spacial score (nSPS) is 25.7. The van der Waals surface area contributed by atoms with Gasteiger partial charge in [-0.3, -0.25) is 9.69 Å². The average Bonchev–Trinajstić information content (AvgIpc) is 2.15. The van der Waals surface area contributed by atoms with Gasteiger partial charge in [-0.15, -0.1) is 0 Å². The van der Waals surface area contributed by atoms with E-state index in [1.807, 2.05) is 18.7 Å². The third kappa shape index (κ3) is 4.27. The van der Waals surface area contributed by atoms with Crippen LogP contribution in [0.2, 0.25) is 0 Å². The van der Waals surface area contributed by atoms with Gasteiger partial charge in [0, 0.05) is 12.1 Å². The van der Waals surface area contributed by atoms with E-state index in [1.54, 1.807) is 0 Å². The Bertz CT molecular complexity index is 366. The highest BCUT2D eigenvalue weighted by Crippen LogP contribution is 2.20. The maximum absolute atomic E-state index is 11.6. The van der Waals surface area contributed by atoms with E-state index in [2.05, 4.69) is 0 Å². The van der Waals surface area contributed by atoms with Crippen molar-refractivity contribution < 1.29 is 18.3 Å². The Kier molecular flexibility index (Phi) is 4.94. The highest BCUT2D eigenvalue weighted by Gasteiger charge is 2.31. The van der Waals surface area contributed by atoms with Crippen LogP contribution in [0.25, 0.3) is 0 Å². The summed E-state index contributed by atoms with van der Waals surface area (Å²) in [5.41, 5.74) is 0. The molecule has 0 aliphatic carbocycles. The summed E-state index contributed by atoms with van der Waals surface area (Å²) in [7, 11) is -2.94. The van der Waals surface area contributed by atoms with Crippen LogP contribution >= 0.6 is 0 Å². The summed E-state index contributed by atoms with van der Waals surface area (Å²) >= 11 is 0. The maximum Gasteiger partial charge on any atom is 0.304 e. The number of carbonyl (C=O) groups is 1. The molecule has 1 saturated heterocycles. The molecule has 1 N–H and O–H groups in total. The van der Waals surface area contributed by atoms with Gasteiger partial charge < -0.3 is 5.11 Å². The van der Waals surface area contributed by atoms with Crippen molar-refractivity contribution in [3.05, 3.63) is 0 Å². The maximum atomic E-state index is 11.6. The Labute approximate surface area is 103 Å². The fourth-order valence-corrected chi connectivity index (χ4v) is 4.28. The van der Waals surface area contributed by atoms with Gasteiger partial charge in [-0.1, -0.05) is 6.92 Å². The zero-order chi connectivity index (χ0) is 13.1. The Morgan fingerprint density at radius 1 is 1.53 bits per heavy atom. The van der Waals surface area contributed by atoms with Crippen molar-refractivity contribution in [2.45, 2.75) is 45.2 Å². The second-order valence-electron chi connectivity index (χ2n) is 4.69. The number of carboxylic acids is 1. The minimum atomic E-state index is -2.94. The van der Waals surface area contributed by atoms with Crippen LogP contribution in [0, 0.1) is 0 Å². The summed E-state index contributed by atoms with van der Waals surface area (Å²) in [4.78, 5) is 12.7. The molecule has 1 aliphatic heterocycles. The first-order chi connectivity index (χ1) is 7.85. The Morgan fingerprint density at radius 2 is 2.18 bits per heavy atom. The molecule has 0 saturated carbocycles. The van der Waals surface area contributed by atoms with Crippen molar-refractivity contribution in [1.29, 1.82) is 0 Å². The molecule has 1 fully saturated rings. The molecule has 1 aliphatic rings. The van der Waals surface area contributed by atoms with E-state index in [0.29, 0.717) is 13.0 Å². The second-order valence-corrected chi connectivity index (χ2v) is 6.92. The first kappa shape index (κ1) is 14.4. The monoisotopic (exact) mass is 263 g/mol. The van der Waals surface area contributed by atoms with Crippen LogP contribution in [0.1, 0.15) is 33.1 Å². The van der Waals surface area contributed by atoms with Crippen LogP contribution in [0.15, 0.2) is 0 Å². The molecule has 5 nitrogen and oxygen atoms in total. The Morgan fingerprint density at radius 3 is 2.65 bits per heavy atom. The largest absolute Gasteiger partial charge is 0.481 e. The number of sulfone groups is 1. The summed E-state index contributed by atoms with van der Waals surface area (Å²) in [5.74, 6) is -0.395. The van der Waals surface area contributed by atoms with Crippen LogP contribution in [-0.4, -0.2) is 54.5 Å².